The van der Waals surface area contributed by atoms with Crippen LogP contribution in [0.25, 0.3) is 0 Å². The smallest absolute Gasteiger partial charge is 0.189 e. The van der Waals surface area contributed by atoms with Crippen molar-refractivity contribution in [2.75, 3.05) is 19.6 Å². The number of nitrogens with zero attached hydrogens (tertiary/aromatic N) is 1. The minimum absolute atomic E-state index is 0.300. The lowest BCUT2D eigenvalue weighted by atomic mass is 10.1. The molecule has 0 saturated heterocycles. The molecule has 0 atom stereocenters. The van der Waals surface area contributed by atoms with Crippen molar-refractivity contribution in [1.82, 2.24) is 4.90 Å². The van der Waals surface area contributed by atoms with Gasteiger partial charge in [-0.2, -0.15) is 0 Å². The fourth-order valence-electron chi connectivity index (χ4n) is 2.49. The van der Waals surface area contributed by atoms with Crippen molar-refractivity contribution in [2.45, 2.75) is 19.7 Å². The van der Waals surface area contributed by atoms with Crippen LogP contribution in [0.5, 0.6) is 5.75 Å². The Hall–Kier alpha value is -1.27. The zero-order valence-corrected chi connectivity index (χ0v) is 13.3. The van der Waals surface area contributed by atoms with E-state index in [-0.39, 0.29) is 0 Å². The van der Waals surface area contributed by atoms with Crippen molar-refractivity contribution < 1.29 is 9.47 Å². The van der Waals surface area contributed by atoms with Gasteiger partial charge in [0.2, 0.25) is 0 Å². The lowest BCUT2D eigenvalue weighted by molar-refractivity contribution is -0.0173. The number of nitrogens with two attached hydrogens (primary N) is 1. The number of anilines is 1. The molecule has 2 heterocycles. The molecule has 3 rings (SSSR count). The van der Waals surface area contributed by atoms with Gasteiger partial charge < -0.3 is 15.2 Å². The molecule has 2 aromatic rings. The number of nitrogen functional groups attached to an aromatic ring is 1. The molecule has 112 valence electrons. The Morgan fingerprint density at radius 2 is 2.19 bits per heavy atom. The lowest BCUT2D eigenvalue weighted by Gasteiger charge is -2.24. The first-order valence-corrected chi connectivity index (χ1v) is 7.86. The predicted molar refractivity (Wildman–Crippen MR) is 85.6 cm³/mol. The standard InChI is InChI=1S/C15H17ClN2O2S/c1-18(7-13-2-3-14(16)21-13)6-10-4-12(17)5-11-8-19-9-20-15(10)11/h2-5H,6-9,17H2,1H3. The van der Waals surface area contributed by atoms with E-state index in [0.29, 0.717) is 13.4 Å². The first-order chi connectivity index (χ1) is 10.1. The molecule has 0 bridgehead atoms. The summed E-state index contributed by atoms with van der Waals surface area (Å²) in [6.45, 7) is 2.46. The van der Waals surface area contributed by atoms with Gasteiger partial charge in [0.1, 0.15) is 5.75 Å². The van der Waals surface area contributed by atoms with Crippen LogP contribution in [-0.4, -0.2) is 18.7 Å². The fraction of sp³-hybridized carbons (Fsp3) is 0.333. The number of rotatable bonds is 4. The summed E-state index contributed by atoms with van der Waals surface area (Å²) in [6.07, 6.45) is 0. The molecule has 0 radical (unpaired) electrons. The molecule has 0 spiro atoms. The van der Waals surface area contributed by atoms with Crippen LogP contribution in [0.15, 0.2) is 24.3 Å². The number of hydrogen-bond acceptors (Lipinski definition) is 5. The SMILES string of the molecule is CN(Cc1ccc(Cl)s1)Cc1cc(N)cc2c1OCOC2. The second-order valence-corrected chi connectivity index (χ2v) is 6.96. The van der Waals surface area contributed by atoms with E-state index < -0.39 is 0 Å². The zero-order chi connectivity index (χ0) is 14.8. The highest BCUT2D eigenvalue weighted by Gasteiger charge is 2.17. The number of ether oxygens (including phenoxy) is 2. The molecular weight excluding hydrogens is 308 g/mol. The summed E-state index contributed by atoms with van der Waals surface area (Å²) in [5.41, 5.74) is 8.82. The zero-order valence-electron chi connectivity index (χ0n) is 11.8. The maximum Gasteiger partial charge on any atom is 0.189 e. The molecule has 0 amide bonds. The summed E-state index contributed by atoms with van der Waals surface area (Å²) in [4.78, 5) is 3.46. The molecule has 0 aliphatic carbocycles. The summed E-state index contributed by atoms with van der Waals surface area (Å²) >= 11 is 7.58. The average Bonchev–Trinajstić information content (AvgIpc) is 2.83. The Bertz CT molecular complexity index is 645. The van der Waals surface area contributed by atoms with E-state index in [9.17, 15) is 0 Å². The Labute approximate surface area is 133 Å². The van der Waals surface area contributed by atoms with Crippen LogP contribution in [0.2, 0.25) is 4.34 Å². The third-order valence-electron chi connectivity index (χ3n) is 3.30. The van der Waals surface area contributed by atoms with E-state index in [1.807, 2.05) is 18.2 Å². The van der Waals surface area contributed by atoms with Crippen LogP contribution in [0.4, 0.5) is 5.69 Å². The van der Waals surface area contributed by atoms with Crippen molar-refractivity contribution in [3.63, 3.8) is 0 Å². The van der Waals surface area contributed by atoms with Gasteiger partial charge >= 0.3 is 0 Å². The summed E-state index contributed by atoms with van der Waals surface area (Å²) in [5.74, 6) is 0.909. The Morgan fingerprint density at radius 1 is 1.33 bits per heavy atom. The largest absolute Gasteiger partial charge is 0.467 e. The van der Waals surface area contributed by atoms with Crippen molar-refractivity contribution in [2.24, 2.45) is 0 Å². The minimum atomic E-state index is 0.300. The molecule has 1 aromatic carbocycles. The van der Waals surface area contributed by atoms with Crippen LogP contribution in [-0.2, 0) is 24.4 Å². The lowest BCUT2D eigenvalue weighted by Crippen LogP contribution is -2.20. The topological polar surface area (TPSA) is 47.7 Å². The quantitative estimate of drug-likeness (QED) is 0.875. The number of thiophene rings is 1. The summed E-state index contributed by atoms with van der Waals surface area (Å²) < 4.78 is 11.8. The van der Waals surface area contributed by atoms with Crippen molar-refractivity contribution in [3.8, 4) is 5.75 Å². The molecule has 21 heavy (non-hydrogen) atoms. The predicted octanol–water partition coefficient (Wildman–Crippen LogP) is 3.48. The summed E-state index contributed by atoms with van der Waals surface area (Å²) in [6, 6.07) is 7.87. The normalized spacial score (nSPS) is 14.0. The highest BCUT2D eigenvalue weighted by atomic mass is 35.5. The van der Waals surface area contributed by atoms with E-state index in [1.54, 1.807) is 11.3 Å². The average molecular weight is 325 g/mol. The Morgan fingerprint density at radius 3 is 2.95 bits per heavy atom. The van der Waals surface area contributed by atoms with Crippen molar-refractivity contribution in [3.05, 3.63) is 44.6 Å². The number of hydrogen-bond donors (Lipinski definition) is 1. The van der Waals surface area contributed by atoms with Gasteiger partial charge in [0, 0.05) is 34.8 Å². The third kappa shape index (κ3) is 3.49. The summed E-state index contributed by atoms with van der Waals surface area (Å²) in [7, 11) is 2.07. The van der Waals surface area contributed by atoms with E-state index in [4.69, 9.17) is 26.8 Å². The highest BCUT2D eigenvalue weighted by Crippen LogP contribution is 2.32. The number of halogens is 1. The maximum absolute atomic E-state index is 5.97. The molecule has 0 unspecified atom stereocenters. The van der Waals surface area contributed by atoms with Gasteiger partial charge in [-0.05, 0) is 31.3 Å². The van der Waals surface area contributed by atoms with Crippen molar-refractivity contribution >= 4 is 28.6 Å². The molecule has 0 fully saturated rings. The number of benzene rings is 1. The van der Waals surface area contributed by atoms with Gasteiger partial charge in [-0.3, -0.25) is 4.90 Å². The van der Waals surface area contributed by atoms with Crippen LogP contribution >= 0.6 is 22.9 Å². The Kier molecular flexibility index (Phi) is 4.35. The number of fused-ring (bicyclic) bond motifs is 1. The van der Waals surface area contributed by atoms with Gasteiger partial charge in [0.05, 0.1) is 10.9 Å². The molecule has 1 aliphatic rings. The molecular formula is C15H17ClN2O2S. The van der Waals surface area contributed by atoms with Crippen LogP contribution in [0.3, 0.4) is 0 Å². The molecule has 1 aliphatic heterocycles. The monoisotopic (exact) mass is 324 g/mol. The first kappa shape index (κ1) is 14.7. The highest BCUT2D eigenvalue weighted by molar-refractivity contribution is 7.16. The first-order valence-electron chi connectivity index (χ1n) is 6.66. The van der Waals surface area contributed by atoms with Gasteiger partial charge in [-0.25, -0.2) is 0 Å². The van der Waals surface area contributed by atoms with E-state index in [2.05, 4.69) is 18.0 Å². The van der Waals surface area contributed by atoms with E-state index >= 15 is 0 Å². The Balaban J connectivity index is 1.76. The molecule has 2 N–H and O–H groups in total. The molecule has 4 nitrogen and oxygen atoms in total. The molecule has 0 saturated carbocycles. The van der Waals surface area contributed by atoms with Crippen LogP contribution < -0.4 is 10.5 Å². The maximum atomic E-state index is 5.97. The fourth-order valence-corrected chi connectivity index (χ4v) is 3.66. The van der Waals surface area contributed by atoms with E-state index in [1.165, 1.54) is 4.88 Å². The molecule has 6 heteroatoms. The van der Waals surface area contributed by atoms with Gasteiger partial charge in [-0.1, -0.05) is 11.6 Å². The van der Waals surface area contributed by atoms with Gasteiger partial charge in [0.15, 0.2) is 6.79 Å². The minimum Gasteiger partial charge on any atom is -0.467 e. The van der Waals surface area contributed by atoms with Crippen molar-refractivity contribution in [1.29, 1.82) is 0 Å². The van der Waals surface area contributed by atoms with Gasteiger partial charge in [0.25, 0.3) is 0 Å². The van der Waals surface area contributed by atoms with Gasteiger partial charge in [-0.15, -0.1) is 11.3 Å². The second kappa shape index (κ2) is 6.23. The van der Waals surface area contributed by atoms with E-state index in [0.717, 1.165) is 40.0 Å². The third-order valence-corrected chi connectivity index (χ3v) is 4.52. The molecule has 1 aromatic heterocycles. The second-order valence-electron chi connectivity index (χ2n) is 5.16. The van der Waals surface area contributed by atoms with Crippen LogP contribution in [0.1, 0.15) is 16.0 Å². The van der Waals surface area contributed by atoms with Crippen LogP contribution in [0, 0.1) is 0 Å². The summed E-state index contributed by atoms with van der Waals surface area (Å²) in [5, 5.41) is 0.